The molecule has 126 valence electrons. The molecule has 1 aromatic rings. The van der Waals surface area contributed by atoms with Gasteiger partial charge in [0.2, 0.25) is 5.91 Å². The molecule has 0 aromatic heterocycles. The minimum Gasteiger partial charge on any atom is -0.353 e. The van der Waals surface area contributed by atoms with Crippen LogP contribution in [-0.4, -0.2) is 42.5 Å². The van der Waals surface area contributed by atoms with Gasteiger partial charge in [0, 0.05) is 19.1 Å². The van der Waals surface area contributed by atoms with Gasteiger partial charge < -0.3 is 10.6 Å². The molecule has 4 heteroatoms. The van der Waals surface area contributed by atoms with Crippen LogP contribution in [0.4, 0.5) is 0 Å². The standard InChI is InChI=1S/C19H29N3O/c23-19(18-11-4-6-12-20-18)21-14-17-10-5-7-13-22(17)15-16-8-2-1-3-9-16/h1-3,8-9,17-18,20H,4-7,10-15H2,(H,21,23)/t17?,18-/m1/s1. The van der Waals surface area contributed by atoms with Gasteiger partial charge in [-0.2, -0.15) is 0 Å². The van der Waals surface area contributed by atoms with Crippen molar-refractivity contribution < 1.29 is 4.79 Å². The first-order valence-electron chi connectivity index (χ1n) is 9.12. The Kier molecular flexibility index (Phi) is 6.06. The molecule has 2 fully saturated rings. The van der Waals surface area contributed by atoms with Gasteiger partial charge in [-0.25, -0.2) is 0 Å². The van der Waals surface area contributed by atoms with Crippen molar-refractivity contribution in [1.82, 2.24) is 15.5 Å². The first-order chi connectivity index (χ1) is 11.3. The summed E-state index contributed by atoms with van der Waals surface area (Å²) in [5.74, 6) is 0.190. The SMILES string of the molecule is O=C(NCC1CCCCN1Cc1ccccc1)[C@H]1CCCCN1. The molecule has 0 bridgehead atoms. The van der Waals surface area contributed by atoms with Crippen molar-refractivity contribution in [3.05, 3.63) is 35.9 Å². The monoisotopic (exact) mass is 315 g/mol. The molecule has 1 amide bonds. The van der Waals surface area contributed by atoms with Crippen molar-refractivity contribution in [2.24, 2.45) is 0 Å². The van der Waals surface area contributed by atoms with Crippen LogP contribution in [0.2, 0.25) is 0 Å². The van der Waals surface area contributed by atoms with E-state index in [0.717, 1.165) is 39.0 Å². The van der Waals surface area contributed by atoms with E-state index in [0.29, 0.717) is 6.04 Å². The number of hydrogen-bond donors (Lipinski definition) is 2. The fourth-order valence-electron chi connectivity index (χ4n) is 3.73. The van der Waals surface area contributed by atoms with Gasteiger partial charge in [0.25, 0.3) is 0 Å². The molecule has 23 heavy (non-hydrogen) atoms. The summed E-state index contributed by atoms with van der Waals surface area (Å²) in [7, 11) is 0. The molecule has 4 nitrogen and oxygen atoms in total. The van der Waals surface area contributed by atoms with Crippen LogP contribution in [0.25, 0.3) is 0 Å². The number of rotatable bonds is 5. The Labute approximate surface area is 139 Å². The molecule has 3 rings (SSSR count). The Bertz CT molecular complexity index is 485. The summed E-state index contributed by atoms with van der Waals surface area (Å²) in [4.78, 5) is 14.8. The third kappa shape index (κ3) is 4.79. The van der Waals surface area contributed by atoms with Gasteiger partial charge in [-0.05, 0) is 44.3 Å². The molecule has 0 saturated carbocycles. The lowest BCUT2D eigenvalue weighted by Crippen LogP contribution is -2.51. The number of amides is 1. The predicted octanol–water partition coefficient (Wildman–Crippen LogP) is 2.30. The lowest BCUT2D eigenvalue weighted by molar-refractivity contribution is -0.124. The molecule has 2 atom stereocenters. The highest BCUT2D eigenvalue weighted by Crippen LogP contribution is 2.19. The third-order valence-electron chi connectivity index (χ3n) is 5.12. The first-order valence-corrected chi connectivity index (χ1v) is 9.12. The van der Waals surface area contributed by atoms with E-state index in [2.05, 4.69) is 45.9 Å². The Morgan fingerprint density at radius 3 is 2.74 bits per heavy atom. The Morgan fingerprint density at radius 1 is 1.13 bits per heavy atom. The highest BCUT2D eigenvalue weighted by atomic mass is 16.2. The largest absolute Gasteiger partial charge is 0.353 e. The normalized spacial score (nSPS) is 25.9. The van der Waals surface area contributed by atoms with Gasteiger partial charge in [0.05, 0.1) is 6.04 Å². The molecule has 2 aliphatic heterocycles. The van der Waals surface area contributed by atoms with E-state index in [9.17, 15) is 4.79 Å². The van der Waals surface area contributed by atoms with Crippen LogP contribution in [-0.2, 0) is 11.3 Å². The third-order valence-corrected chi connectivity index (χ3v) is 5.12. The Morgan fingerprint density at radius 2 is 1.96 bits per heavy atom. The van der Waals surface area contributed by atoms with Crippen LogP contribution in [0.5, 0.6) is 0 Å². The summed E-state index contributed by atoms with van der Waals surface area (Å²) in [5, 5.41) is 6.53. The maximum Gasteiger partial charge on any atom is 0.237 e. The minimum absolute atomic E-state index is 0.0231. The molecule has 1 aromatic carbocycles. The van der Waals surface area contributed by atoms with Crippen LogP contribution in [0.1, 0.15) is 44.1 Å². The average Bonchev–Trinajstić information content (AvgIpc) is 2.62. The van der Waals surface area contributed by atoms with Crippen LogP contribution >= 0.6 is 0 Å². The van der Waals surface area contributed by atoms with Crippen LogP contribution in [0.3, 0.4) is 0 Å². The van der Waals surface area contributed by atoms with Gasteiger partial charge in [-0.1, -0.05) is 43.2 Å². The lowest BCUT2D eigenvalue weighted by atomic mass is 10.00. The topological polar surface area (TPSA) is 44.4 Å². The maximum atomic E-state index is 12.3. The van der Waals surface area contributed by atoms with Crippen molar-refractivity contribution in [1.29, 1.82) is 0 Å². The molecule has 0 spiro atoms. The van der Waals surface area contributed by atoms with Crippen LogP contribution in [0.15, 0.2) is 30.3 Å². The number of likely N-dealkylation sites (tertiary alicyclic amines) is 1. The molecule has 0 aliphatic carbocycles. The molecule has 2 saturated heterocycles. The number of benzene rings is 1. The highest BCUT2D eigenvalue weighted by molar-refractivity contribution is 5.81. The van der Waals surface area contributed by atoms with Gasteiger partial charge in [-0.15, -0.1) is 0 Å². The van der Waals surface area contributed by atoms with Crippen molar-refractivity contribution in [3.8, 4) is 0 Å². The Hall–Kier alpha value is -1.39. The number of carbonyl (C=O) groups excluding carboxylic acids is 1. The number of nitrogens with one attached hydrogen (secondary N) is 2. The van der Waals surface area contributed by atoms with Gasteiger partial charge in [-0.3, -0.25) is 9.69 Å². The molecular formula is C19H29N3O. The lowest BCUT2D eigenvalue weighted by Gasteiger charge is -2.36. The zero-order chi connectivity index (χ0) is 15.9. The minimum atomic E-state index is 0.0231. The second kappa shape index (κ2) is 8.46. The Balaban J connectivity index is 1.51. The summed E-state index contributed by atoms with van der Waals surface area (Å²) in [6.07, 6.45) is 7.05. The van der Waals surface area contributed by atoms with E-state index in [4.69, 9.17) is 0 Å². The zero-order valence-corrected chi connectivity index (χ0v) is 14.0. The summed E-state index contributed by atoms with van der Waals surface area (Å²) in [6.45, 7) is 3.88. The summed E-state index contributed by atoms with van der Waals surface area (Å²) in [6, 6.07) is 11.1. The molecule has 2 aliphatic rings. The zero-order valence-electron chi connectivity index (χ0n) is 14.0. The van der Waals surface area contributed by atoms with Crippen molar-refractivity contribution in [3.63, 3.8) is 0 Å². The first kappa shape index (κ1) is 16.5. The maximum absolute atomic E-state index is 12.3. The van der Waals surface area contributed by atoms with E-state index in [1.165, 1.54) is 31.2 Å². The number of carbonyl (C=O) groups is 1. The summed E-state index contributed by atoms with van der Waals surface area (Å²) < 4.78 is 0. The second-order valence-electron chi connectivity index (χ2n) is 6.85. The molecule has 1 unspecified atom stereocenters. The second-order valence-corrected chi connectivity index (χ2v) is 6.85. The fraction of sp³-hybridized carbons (Fsp3) is 0.632. The van der Waals surface area contributed by atoms with E-state index in [-0.39, 0.29) is 11.9 Å². The molecule has 2 N–H and O–H groups in total. The average molecular weight is 315 g/mol. The van der Waals surface area contributed by atoms with E-state index in [1.54, 1.807) is 0 Å². The fourth-order valence-corrected chi connectivity index (χ4v) is 3.73. The number of nitrogens with zero attached hydrogens (tertiary/aromatic N) is 1. The van der Waals surface area contributed by atoms with E-state index in [1.807, 2.05) is 0 Å². The van der Waals surface area contributed by atoms with Crippen molar-refractivity contribution in [2.75, 3.05) is 19.6 Å². The van der Waals surface area contributed by atoms with Gasteiger partial charge in [0.15, 0.2) is 0 Å². The van der Waals surface area contributed by atoms with Gasteiger partial charge >= 0.3 is 0 Å². The summed E-state index contributed by atoms with van der Waals surface area (Å²) >= 11 is 0. The van der Waals surface area contributed by atoms with Crippen molar-refractivity contribution in [2.45, 2.75) is 57.2 Å². The number of hydrogen-bond acceptors (Lipinski definition) is 3. The predicted molar refractivity (Wildman–Crippen MR) is 93.1 cm³/mol. The molecule has 0 radical (unpaired) electrons. The molecular weight excluding hydrogens is 286 g/mol. The van der Waals surface area contributed by atoms with Gasteiger partial charge in [0.1, 0.15) is 0 Å². The van der Waals surface area contributed by atoms with Crippen LogP contribution < -0.4 is 10.6 Å². The van der Waals surface area contributed by atoms with E-state index < -0.39 is 0 Å². The number of piperidine rings is 2. The molecule has 2 heterocycles. The quantitative estimate of drug-likeness (QED) is 0.876. The highest BCUT2D eigenvalue weighted by Gasteiger charge is 2.25. The van der Waals surface area contributed by atoms with E-state index >= 15 is 0 Å². The van der Waals surface area contributed by atoms with Crippen molar-refractivity contribution >= 4 is 5.91 Å². The van der Waals surface area contributed by atoms with Crippen LogP contribution in [0, 0.1) is 0 Å². The smallest absolute Gasteiger partial charge is 0.237 e. The summed E-state index contributed by atoms with van der Waals surface area (Å²) in [5.41, 5.74) is 1.36.